The Morgan fingerprint density at radius 1 is 1.09 bits per heavy atom. The van der Waals surface area contributed by atoms with Gasteiger partial charge in [-0.1, -0.05) is 54.6 Å². The number of hydrogen-bond acceptors (Lipinski definition) is 6. The number of fused-ring (bicyclic) bond motifs is 1. The Hall–Kier alpha value is -3.29. The molecule has 1 saturated carbocycles. The van der Waals surface area contributed by atoms with Gasteiger partial charge in [0, 0.05) is 12.1 Å². The van der Waals surface area contributed by atoms with Gasteiger partial charge >= 0.3 is 0 Å². The smallest absolute Gasteiger partial charge is 0.271 e. The van der Waals surface area contributed by atoms with Gasteiger partial charge in [0.1, 0.15) is 23.6 Å². The quantitative estimate of drug-likeness (QED) is 0.657. The summed E-state index contributed by atoms with van der Waals surface area (Å²) in [6.07, 6.45) is 6.73. The van der Waals surface area contributed by atoms with Gasteiger partial charge < -0.3 is 16.2 Å². The second-order valence-corrected chi connectivity index (χ2v) is 8.56. The fraction of sp³-hybridized carbons (Fsp3) is 0.320. The molecule has 0 spiro atoms. The molecule has 7 nitrogen and oxygen atoms in total. The maximum atomic E-state index is 12.4. The van der Waals surface area contributed by atoms with E-state index in [0.29, 0.717) is 5.71 Å². The molecule has 0 aromatic heterocycles. The largest absolute Gasteiger partial charge is 0.395 e. The lowest BCUT2D eigenvalue weighted by molar-refractivity contribution is -0.114. The van der Waals surface area contributed by atoms with Crippen molar-refractivity contribution in [3.05, 3.63) is 83.4 Å². The standard InChI is InChI=1S/C25H27N5O2/c26-25(13-4-14-25)19-9-7-17(8-10-19)22-23(18-5-2-1-3-6-18)30-21(28-22)12-11-20(29-30)24(32)27-15-16-31/h1-3,5-12,22-23,31H,4,13-16,26H2,(H,27,32). The first-order chi connectivity index (χ1) is 15.6. The Bertz CT molecular complexity index is 1090. The van der Waals surface area contributed by atoms with E-state index in [0.717, 1.165) is 29.8 Å². The zero-order valence-corrected chi connectivity index (χ0v) is 17.8. The minimum Gasteiger partial charge on any atom is -0.395 e. The summed E-state index contributed by atoms with van der Waals surface area (Å²) in [5.41, 5.74) is 9.94. The van der Waals surface area contributed by atoms with E-state index in [1.54, 1.807) is 6.08 Å². The summed E-state index contributed by atoms with van der Waals surface area (Å²) < 4.78 is 0. The number of aliphatic hydroxyl groups excluding tert-OH is 1. The van der Waals surface area contributed by atoms with Crippen molar-refractivity contribution in [2.24, 2.45) is 15.8 Å². The van der Waals surface area contributed by atoms with E-state index >= 15 is 0 Å². The van der Waals surface area contributed by atoms with E-state index in [-0.39, 0.29) is 36.7 Å². The highest BCUT2D eigenvalue weighted by Gasteiger charge is 2.40. The zero-order valence-electron chi connectivity index (χ0n) is 17.8. The number of benzene rings is 2. The van der Waals surface area contributed by atoms with Gasteiger partial charge in [-0.2, -0.15) is 5.10 Å². The Kier molecular flexibility index (Phi) is 5.36. The molecule has 5 rings (SSSR count). The molecule has 1 amide bonds. The van der Waals surface area contributed by atoms with Crippen LogP contribution in [0.15, 0.2) is 76.8 Å². The van der Waals surface area contributed by atoms with E-state index in [9.17, 15) is 4.79 Å². The summed E-state index contributed by atoms with van der Waals surface area (Å²) in [5.74, 6) is 0.406. The third kappa shape index (κ3) is 3.63. The molecular formula is C25H27N5O2. The number of nitrogens with two attached hydrogens (primary N) is 1. The van der Waals surface area contributed by atoms with Crippen molar-refractivity contribution in [1.82, 2.24) is 10.3 Å². The number of rotatable bonds is 6. The maximum absolute atomic E-state index is 12.4. The lowest BCUT2D eigenvalue weighted by Crippen LogP contribution is -2.43. The molecular weight excluding hydrogens is 402 g/mol. The van der Waals surface area contributed by atoms with Crippen LogP contribution in [0.4, 0.5) is 0 Å². The van der Waals surface area contributed by atoms with Crippen molar-refractivity contribution in [3.63, 3.8) is 0 Å². The van der Waals surface area contributed by atoms with E-state index in [1.165, 1.54) is 12.0 Å². The van der Waals surface area contributed by atoms with Crippen LogP contribution in [0.1, 0.15) is 48.0 Å². The molecule has 164 valence electrons. The second-order valence-electron chi connectivity index (χ2n) is 8.56. The van der Waals surface area contributed by atoms with Crippen LogP contribution in [0.5, 0.6) is 0 Å². The third-order valence-corrected chi connectivity index (χ3v) is 6.52. The van der Waals surface area contributed by atoms with Crippen LogP contribution in [0.2, 0.25) is 0 Å². The maximum Gasteiger partial charge on any atom is 0.271 e. The lowest BCUT2D eigenvalue weighted by Gasteiger charge is -2.38. The van der Waals surface area contributed by atoms with Gasteiger partial charge in [0.25, 0.3) is 5.91 Å². The van der Waals surface area contributed by atoms with Gasteiger partial charge in [0.2, 0.25) is 0 Å². The second kappa shape index (κ2) is 8.33. The van der Waals surface area contributed by atoms with Gasteiger partial charge in [-0.25, -0.2) is 5.01 Å². The minimum atomic E-state index is -0.317. The lowest BCUT2D eigenvalue weighted by atomic mass is 9.72. The molecule has 0 bridgehead atoms. The zero-order chi connectivity index (χ0) is 22.1. The third-order valence-electron chi connectivity index (χ3n) is 6.52. The predicted molar refractivity (Wildman–Crippen MR) is 124 cm³/mol. The van der Waals surface area contributed by atoms with Crippen molar-refractivity contribution in [2.45, 2.75) is 36.9 Å². The van der Waals surface area contributed by atoms with E-state index in [1.807, 2.05) is 29.3 Å². The number of hydrogen-bond donors (Lipinski definition) is 3. The van der Waals surface area contributed by atoms with Crippen molar-refractivity contribution < 1.29 is 9.90 Å². The molecule has 2 unspecified atom stereocenters. The van der Waals surface area contributed by atoms with Crippen LogP contribution < -0.4 is 11.1 Å². The number of amidine groups is 1. The molecule has 4 N–H and O–H groups in total. The Morgan fingerprint density at radius 2 is 1.84 bits per heavy atom. The predicted octanol–water partition coefficient (Wildman–Crippen LogP) is 2.56. The number of amides is 1. The van der Waals surface area contributed by atoms with Crippen LogP contribution in [0.25, 0.3) is 0 Å². The molecule has 2 aliphatic heterocycles. The number of carbonyl (C=O) groups is 1. The summed E-state index contributed by atoms with van der Waals surface area (Å²) in [5, 5.41) is 18.1. The molecule has 0 saturated heterocycles. The molecule has 2 heterocycles. The summed E-state index contributed by atoms with van der Waals surface area (Å²) in [6, 6.07) is 18.3. The van der Waals surface area contributed by atoms with Gasteiger partial charge in [0.05, 0.1) is 6.61 Å². The van der Waals surface area contributed by atoms with Crippen LogP contribution in [0, 0.1) is 0 Å². The number of nitrogens with zero attached hydrogens (tertiary/aromatic N) is 3. The van der Waals surface area contributed by atoms with Crippen LogP contribution in [0.3, 0.4) is 0 Å². The number of aliphatic imine (C=N–C) groups is 1. The van der Waals surface area contributed by atoms with Crippen molar-refractivity contribution in [3.8, 4) is 0 Å². The summed E-state index contributed by atoms with van der Waals surface area (Å²) in [6.45, 7) is 0.0698. The molecule has 7 heteroatoms. The minimum absolute atomic E-state index is 0.117. The molecule has 3 aliphatic rings. The molecule has 2 aromatic carbocycles. The summed E-state index contributed by atoms with van der Waals surface area (Å²) in [7, 11) is 0. The summed E-state index contributed by atoms with van der Waals surface area (Å²) >= 11 is 0. The van der Waals surface area contributed by atoms with Crippen LogP contribution in [-0.4, -0.2) is 40.7 Å². The first kappa shape index (κ1) is 20.6. The SMILES string of the molecule is NC1(c2ccc(C3N=C4C=CC(C(=O)NCCO)=NN4C3c3ccccc3)cc2)CCC1. The molecule has 1 fully saturated rings. The average Bonchev–Trinajstić information content (AvgIpc) is 3.20. The Labute approximate surface area is 187 Å². The van der Waals surface area contributed by atoms with Gasteiger partial charge in [-0.15, -0.1) is 0 Å². The van der Waals surface area contributed by atoms with Gasteiger partial charge in [-0.05, 0) is 48.1 Å². The number of aliphatic hydroxyl groups is 1. The number of carbonyl (C=O) groups excluding carboxylic acids is 1. The fourth-order valence-corrected chi connectivity index (χ4v) is 4.55. The normalized spacial score (nSPS) is 23.1. The monoisotopic (exact) mass is 429 g/mol. The van der Waals surface area contributed by atoms with Crippen molar-refractivity contribution in [1.29, 1.82) is 0 Å². The highest BCUT2D eigenvalue weighted by molar-refractivity contribution is 6.44. The van der Waals surface area contributed by atoms with E-state index < -0.39 is 0 Å². The van der Waals surface area contributed by atoms with Crippen molar-refractivity contribution >= 4 is 17.5 Å². The summed E-state index contributed by atoms with van der Waals surface area (Å²) in [4.78, 5) is 17.4. The molecule has 2 atom stereocenters. The molecule has 32 heavy (non-hydrogen) atoms. The van der Waals surface area contributed by atoms with Gasteiger partial charge in [0.15, 0.2) is 0 Å². The van der Waals surface area contributed by atoms with Gasteiger partial charge in [-0.3, -0.25) is 9.79 Å². The number of hydrazone groups is 1. The average molecular weight is 430 g/mol. The van der Waals surface area contributed by atoms with E-state index in [2.05, 4.69) is 46.8 Å². The Morgan fingerprint density at radius 3 is 2.50 bits per heavy atom. The number of nitrogens with one attached hydrogen (secondary N) is 1. The molecule has 1 aliphatic carbocycles. The van der Waals surface area contributed by atoms with Crippen LogP contribution >= 0.6 is 0 Å². The molecule has 2 aromatic rings. The topological polar surface area (TPSA) is 103 Å². The fourth-order valence-electron chi connectivity index (χ4n) is 4.55. The highest BCUT2D eigenvalue weighted by Crippen LogP contribution is 2.44. The first-order valence-electron chi connectivity index (χ1n) is 11.1. The Balaban J connectivity index is 1.48. The first-order valence-corrected chi connectivity index (χ1v) is 11.1. The van der Waals surface area contributed by atoms with E-state index in [4.69, 9.17) is 15.8 Å². The molecule has 0 radical (unpaired) electrons. The van der Waals surface area contributed by atoms with Crippen molar-refractivity contribution in [2.75, 3.05) is 13.2 Å². The highest BCUT2D eigenvalue weighted by atomic mass is 16.3. The van der Waals surface area contributed by atoms with Crippen LogP contribution in [-0.2, 0) is 10.3 Å².